The van der Waals surface area contributed by atoms with Crippen molar-refractivity contribution in [3.63, 3.8) is 0 Å². The lowest BCUT2D eigenvalue weighted by Crippen LogP contribution is -2.00. The second kappa shape index (κ2) is 3.96. The number of halogens is 3. The van der Waals surface area contributed by atoms with Crippen LogP contribution < -0.4 is 0 Å². The van der Waals surface area contributed by atoms with Gasteiger partial charge >= 0.3 is 6.18 Å². The molecule has 0 bridgehead atoms. The van der Waals surface area contributed by atoms with Gasteiger partial charge in [0.2, 0.25) is 0 Å². The molecule has 0 unspecified atom stereocenters. The third-order valence-corrected chi connectivity index (χ3v) is 2.09. The Morgan fingerprint density at radius 2 is 1.94 bits per heavy atom. The van der Waals surface area contributed by atoms with Crippen LogP contribution in [0.2, 0.25) is 0 Å². The molecule has 0 amide bonds. The highest BCUT2D eigenvalue weighted by Gasteiger charge is 2.21. The van der Waals surface area contributed by atoms with Gasteiger partial charge in [-0.3, -0.25) is 4.98 Å². The van der Waals surface area contributed by atoms with E-state index in [1.807, 2.05) is 6.07 Å². The average Bonchev–Trinajstić information content (AvgIpc) is 2.25. The summed E-state index contributed by atoms with van der Waals surface area (Å²) in [6.45, 7) is 0. The second-order valence-corrected chi connectivity index (χ2v) is 3.33. The number of pyridine rings is 1. The summed E-state index contributed by atoms with van der Waals surface area (Å²) in [5, 5.41) is 0.826. The molecule has 1 nitrogen and oxygen atoms in total. The maximum Gasteiger partial charge on any atom is 0.409 e. The Labute approximate surface area is 90.2 Å². The maximum absolute atomic E-state index is 12.0. The fourth-order valence-corrected chi connectivity index (χ4v) is 1.39. The number of benzene rings is 1. The fraction of sp³-hybridized carbons (Fsp3) is 0.0833. The molecule has 0 fully saturated rings. The largest absolute Gasteiger partial charge is 0.409 e. The van der Waals surface area contributed by atoms with Crippen LogP contribution in [0.15, 0.2) is 42.6 Å². The number of aromatic nitrogens is 1. The summed E-state index contributed by atoms with van der Waals surface area (Å²) in [5.74, 6) is 0. The predicted octanol–water partition coefficient (Wildman–Crippen LogP) is 3.81. The number of nitrogens with zero attached hydrogens (tertiary/aromatic N) is 1. The Kier molecular flexibility index (Phi) is 2.64. The molecule has 0 saturated carbocycles. The first-order chi connectivity index (χ1) is 7.54. The number of alkyl halides is 3. The molecule has 2 aromatic rings. The van der Waals surface area contributed by atoms with E-state index >= 15 is 0 Å². The standard InChI is InChI=1S/C12H8F3N/c13-12(14,15)6-5-9-3-4-11-10(8-9)2-1-7-16-11/h1-8H/b6-5+. The molecule has 16 heavy (non-hydrogen) atoms. The third-order valence-electron chi connectivity index (χ3n) is 2.09. The van der Waals surface area contributed by atoms with E-state index in [1.54, 1.807) is 30.5 Å². The monoisotopic (exact) mass is 223 g/mol. The highest BCUT2D eigenvalue weighted by molar-refractivity contribution is 5.81. The molecular weight excluding hydrogens is 215 g/mol. The quantitative estimate of drug-likeness (QED) is 0.716. The SMILES string of the molecule is FC(F)(F)/C=C/c1ccc2ncccc2c1. The minimum Gasteiger partial charge on any atom is -0.256 e. The second-order valence-electron chi connectivity index (χ2n) is 3.33. The van der Waals surface area contributed by atoms with Crippen molar-refractivity contribution in [3.8, 4) is 0 Å². The lowest BCUT2D eigenvalue weighted by atomic mass is 10.1. The number of allylic oxidation sites excluding steroid dienone is 1. The Bertz CT molecular complexity index is 529. The molecule has 0 aliphatic rings. The number of fused-ring (bicyclic) bond motifs is 1. The zero-order chi connectivity index (χ0) is 11.6. The highest BCUT2D eigenvalue weighted by Crippen LogP contribution is 2.19. The first kappa shape index (κ1) is 10.7. The van der Waals surface area contributed by atoms with Crippen molar-refractivity contribution in [3.05, 3.63) is 48.2 Å². The van der Waals surface area contributed by atoms with Gasteiger partial charge in [-0.05, 0) is 23.8 Å². The molecule has 0 atom stereocenters. The van der Waals surface area contributed by atoms with Crippen LogP contribution in [0.1, 0.15) is 5.56 Å². The van der Waals surface area contributed by atoms with Gasteiger partial charge in [0.25, 0.3) is 0 Å². The summed E-state index contributed by atoms with van der Waals surface area (Å²) in [4.78, 5) is 4.08. The van der Waals surface area contributed by atoms with Gasteiger partial charge in [-0.15, -0.1) is 0 Å². The summed E-state index contributed by atoms with van der Waals surface area (Å²) in [6, 6.07) is 8.54. The van der Waals surface area contributed by atoms with E-state index in [1.165, 1.54) is 0 Å². The molecule has 0 saturated heterocycles. The van der Waals surface area contributed by atoms with E-state index in [9.17, 15) is 13.2 Å². The van der Waals surface area contributed by atoms with Gasteiger partial charge in [-0.1, -0.05) is 18.2 Å². The molecule has 1 heterocycles. The summed E-state index contributed by atoms with van der Waals surface area (Å²) in [7, 11) is 0. The maximum atomic E-state index is 12.0. The highest BCUT2D eigenvalue weighted by atomic mass is 19.4. The van der Waals surface area contributed by atoms with E-state index in [0.717, 1.165) is 17.0 Å². The molecule has 2 rings (SSSR count). The van der Waals surface area contributed by atoms with Gasteiger partial charge in [0, 0.05) is 17.7 Å². The topological polar surface area (TPSA) is 12.9 Å². The van der Waals surface area contributed by atoms with Crippen LogP contribution in [0.5, 0.6) is 0 Å². The van der Waals surface area contributed by atoms with Gasteiger partial charge in [0.1, 0.15) is 0 Å². The van der Waals surface area contributed by atoms with Crippen molar-refractivity contribution in [2.75, 3.05) is 0 Å². The summed E-state index contributed by atoms with van der Waals surface area (Å²) < 4.78 is 35.9. The number of rotatable bonds is 1. The van der Waals surface area contributed by atoms with E-state index in [0.29, 0.717) is 5.56 Å². The van der Waals surface area contributed by atoms with Crippen molar-refractivity contribution >= 4 is 17.0 Å². The van der Waals surface area contributed by atoms with Crippen LogP contribution in [-0.4, -0.2) is 11.2 Å². The zero-order valence-electron chi connectivity index (χ0n) is 8.20. The fourth-order valence-electron chi connectivity index (χ4n) is 1.39. The van der Waals surface area contributed by atoms with E-state index < -0.39 is 6.18 Å². The van der Waals surface area contributed by atoms with E-state index in [4.69, 9.17) is 0 Å². The summed E-state index contributed by atoms with van der Waals surface area (Å²) >= 11 is 0. The number of hydrogen-bond donors (Lipinski definition) is 0. The molecule has 0 aliphatic carbocycles. The summed E-state index contributed by atoms with van der Waals surface area (Å²) in [6.07, 6.45) is -1.35. The van der Waals surface area contributed by atoms with Crippen molar-refractivity contribution in [1.82, 2.24) is 4.98 Å². The molecule has 0 aliphatic heterocycles. The van der Waals surface area contributed by atoms with Crippen LogP contribution in [-0.2, 0) is 0 Å². The minimum atomic E-state index is -4.27. The van der Waals surface area contributed by atoms with E-state index in [2.05, 4.69) is 4.98 Å². The Balaban J connectivity index is 2.37. The van der Waals surface area contributed by atoms with Crippen LogP contribution in [0.25, 0.3) is 17.0 Å². The Morgan fingerprint density at radius 1 is 1.12 bits per heavy atom. The van der Waals surface area contributed by atoms with Gasteiger partial charge in [0.05, 0.1) is 5.52 Å². The smallest absolute Gasteiger partial charge is 0.256 e. The predicted molar refractivity (Wildman–Crippen MR) is 56.8 cm³/mol. The Hall–Kier alpha value is -1.84. The number of hydrogen-bond acceptors (Lipinski definition) is 1. The molecule has 0 N–H and O–H groups in total. The zero-order valence-corrected chi connectivity index (χ0v) is 8.20. The summed E-state index contributed by atoms with van der Waals surface area (Å²) in [5.41, 5.74) is 1.28. The molecule has 0 radical (unpaired) electrons. The average molecular weight is 223 g/mol. The molecule has 4 heteroatoms. The van der Waals surface area contributed by atoms with Crippen LogP contribution in [0, 0.1) is 0 Å². The van der Waals surface area contributed by atoms with Crippen LogP contribution in [0.4, 0.5) is 13.2 Å². The van der Waals surface area contributed by atoms with Crippen LogP contribution >= 0.6 is 0 Å². The molecular formula is C12H8F3N. The van der Waals surface area contributed by atoms with Gasteiger partial charge in [-0.2, -0.15) is 13.2 Å². The van der Waals surface area contributed by atoms with E-state index in [-0.39, 0.29) is 6.08 Å². The van der Waals surface area contributed by atoms with Crippen molar-refractivity contribution in [1.29, 1.82) is 0 Å². The molecule has 1 aromatic heterocycles. The third kappa shape index (κ3) is 2.59. The van der Waals surface area contributed by atoms with Crippen molar-refractivity contribution < 1.29 is 13.2 Å². The minimum absolute atomic E-state index is 0.227. The molecule has 0 spiro atoms. The lowest BCUT2D eigenvalue weighted by Gasteiger charge is -2.00. The van der Waals surface area contributed by atoms with Gasteiger partial charge < -0.3 is 0 Å². The normalized spacial score (nSPS) is 12.4. The van der Waals surface area contributed by atoms with Gasteiger partial charge in [-0.25, -0.2) is 0 Å². The van der Waals surface area contributed by atoms with Crippen molar-refractivity contribution in [2.45, 2.75) is 6.18 Å². The first-order valence-electron chi connectivity index (χ1n) is 4.65. The van der Waals surface area contributed by atoms with Gasteiger partial charge in [0.15, 0.2) is 0 Å². The van der Waals surface area contributed by atoms with Crippen molar-refractivity contribution in [2.24, 2.45) is 0 Å². The lowest BCUT2D eigenvalue weighted by molar-refractivity contribution is -0.0790. The molecule has 1 aromatic carbocycles. The Morgan fingerprint density at radius 3 is 2.69 bits per heavy atom. The first-order valence-corrected chi connectivity index (χ1v) is 4.65. The van der Waals surface area contributed by atoms with Crippen LogP contribution in [0.3, 0.4) is 0 Å². The molecule has 82 valence electrons.